The molecule has 1 spiro atoms. The SMILES string of the molecule is COc1ccc(C(=O)N2CCC3(CC2)OC[C@@H](C(=O)NC[C@@H]2CCCO2)N3C(=O)c2ccccc2)cc1. The first-order chi connectivity index (χ1) is 18.0. The van der Waals surface area contributed by atoms with Crippen LogP contribution in [-0.2, 0) is 14.3 Å². The number of piperidine rings is 1. The molecule has 2 aromatic rings. The Labute approximate surface area is 216 Å². The van der Waals surface area contributed by atoms with Gasteiger partial charge in [-0.2, -0.15) is 0 Å². The molecule has 9 nitrogen and oxygen atoms in total. The number of benzene rings is 2. The molecule has 3 aliphatic heterocycles. The predicted molar refractivity (Wildman–Crippen MR) is 135 cm³/mol. The molecule has 2 atom stereocenters. The van der Waals surface area contributed by atoms with E-state index in [9.17, 15) is 14.4 Å². The van der Waals surface area contributed by atoms with E-state index in [2.05, 4.69) is 5.32 Å². The number of hydrogen-bond donors (Lipinski definition) is 1. The second-order valence-corrected chi connectivity index (χ2v) is 9.72. The number of rotatable bonds is 6. The van der Waals surface area contributed by atoms with E-state index in [0.29, 0.717) is 56.0 Å². The van der Waals surface area contributed by atoms with Crippen molar-refractivity contribution in [3.63, 3.8) is 0 Å². The van der Waals surface area contributed by atoms with Gasteiger partial charge in [-0.25, -0.2) is 0 Å². The fraction of sp³-hybridized carbons (Fsp3) is 0.464. The number of amides is 3. The van der Waals surface area contributed by atoms with Crippen LogP contribution in [0, 0.1) is 0 Å². The van der Waals surface area contributed by atoms with E-state index in [1.807, 2.05) is 6.07 Å². The average molecular weight is 508 g/mol. The summed E-state index contributed by atoms with van der Waals surface area (Å²) in [6.07, 6.45) is 2.74. The van der Waals surface area contributed by atoms with Crippen LogP contribution >= 0.6 is 0 Å². The van der Waals surface area contributed by atoms with Crippen molar-refractivity contribution in [2.45, 2.75) is 43.6 Å². The summed E-state index contributed by atoms with van der Waals surface area (Å²) in [5.41, 5.74) is 0.129. The van der Waals surface area contributed by atoms with Crippen molar-refractivity contribution in [2.24, 2.45) is 0 Å². The molecule has 2 aromatic carbocycles. The number of nitrogens with zero attached hydrogens (tertiary/aromatic N) is 2. The molecule has 0 unspecified atom stereocenters. The first kappa shape index (κ1) is 25.2. The van der Waals surface area contributed by atoms with Crippen molar-refractivity contribution in [2.75, 3.05) is 40.0 Å². The fourth-order valence-electron chi connectivity index (χ4n) is 5.40. The number of carbonyl (C=O) groups excluding carboxylic acids is 3. The monoisotopic (exact) mass is 507 g/mol. The maximum atomic E-state index is 13.7. The maximum Gasteiger partial charge on any atom is 0.256 e. The minimum atomic E-state index is -0.949. The van der Waals surface area contributed by atoms with Crippen molar-refractivity contribution in [3.8, 4) is 5.75 Å². The third-order valence-electron chi connectivity index (χ3n) is 7.50. The Hall–Kier alpha value is -3.43. The van der Waals surface area contributed by atoms with Crippen LogP contribution in [0.3, 0.4) is 0 Å². The van der Waals surface area contributed by atoms with Gasteiger partial charge in [-0.15, -0.1) is 0 Å². The standard InChI is InChI=1S/C28H33N3O6/c1-35-22-11-9-21(10-12-22)26(33)30-15-13-28(14-16-30)31(27(34)20-6-3-2-4-7-20)24(19-37-28)25(32)29-18-23-8-5-17-36-23/h2-4,6-7,9-12,23-24H,5,8,13-19H2,1H3,(H,29,32)/t23-,24-/m0/s1. The molecule has 3 saturated heterocycles. The highest BCUT2D eigenvalue weighted by Crippen LogP contribution is 2.39. The van der Waals surface area contributed by atoms with Crippen LogP contribution in [0.2, 0.25) is 0 Å². The molecule has 196 valence electrons. The summed E-state index contributed by atoms with van der Waals surface area (Å²) in [7, 11) is 1.58. The van der Waals surface area contributed by atoms with Crippen LogP contribution in [0.1, 0.15) is 46.4 Å². The van der Waals surface area contributed by atoms with Gasteiger partial charge in [0.1, 0.15) is 17.5 Å². The van der Waals surface area contributed by atoms with Gasteiger partial charge in [0.25, 0.3) is 11.8 Å². The lowest BCUT2D eigenvalue weighted by molar-refractivity contribution is -0.128. The Bertz CT molecular complexity index is 1110. The molecule has 0 saturated carbocycles. The van der Waals surface area contributed by atoms with Crippen LogP contribution in [0.5, 0.6) is 5.75 Å². The molecule has 0 aliphatic carbocycles. The highest BCUT2D eigenvalue weighted by atomic mass is 16.5. The van der Waals surface area contributed by atoms with E-state index in [4.69, 9.17) is 14.2 Å². The van der Waals surface area contributed by atoms with Gasteiger partial charge < -0.3 is 24.4 Å². The van der Waals surface area contributed by atoms with Crippen molar-refractivity contribution in [1.82, 2.24) is 15.1 Å². The van der Waals surface area contributed by atoms with Crippen molar-refractivity contribution in [1.29, 1.82) is 0 Å². The molecule has 3 heterocycles. The van der Waals surface area contributed by atoms with Gasteiger partial charge in [0.15, 0.2) is 0 Å². The predicted octanol–water partition coefficient (Wildman–Crippen LogP) is 2.46. The van der Waals surface area contributed by atoms with Crippen LogP contribution in [0.4, 0.5) is 0 Å². The van der Waals surface area contributed by atoms with Crippen molar-refractivity contribution in [3.05, 3.63) is 65.7 Å². The summed E-state index contributed by atoms with van der Waals surface area (Å²) in [6, 6.07) is 15.2. The molecule has 3 amide bonds. The van der Waals surface area contributed by atoms with Gasteiger partial charge in [-0.05, 0) is 49.2 Å². The molecule has 5 rings (SSSR count). The number of nitrogens with one attached hydrogen (secondary N) is 1. The van der Waals surface area contributed by atoms with Crippen LogP contribution < -0.4 is 10.1 Å². The highest BCUT2D eigenvalue weighted by Gasteiger charge is 2.54. The lowest BCUT2D eigenvalue weighted by Gasteiger charge is -2.44. The van der Waals surface area contributed by atoms with Gasteiger partial charge in [0.2, 0.25) is 5.91 Å². The zero-order chi connectivity index (χ0) is 25.8. The van der Waals surface area contributed by atoms with Gasteiger partial charge in [0.05, 0.1) is 19.8 Å². The largest absolute Gasteiger partial charge is 0.497 e. The molecule has 0 radical (unpaired) electrons. The molecule has 3 aliphatic rings. The van der Waals surface area contributed by atoms with Crippen LogP contribution in [-0.4, -0.2) is 85.3 Å². The van der Waals surface area contributed by atoms with Gasteiger partial charge in [-0.3, -0.25) is 19.3 Å². The van der Waals surface area contributed by atoms with E-state index in [0.717, 1.165) is 12.8 Å². The van der Waals surface area contributed by atoms with E-state index >= 15 is 0 Å². The first-order valence-corrected chi connectivity index (χ1v) is 12.9. The Kier molecular flexibility index (Phi) is 7.43. The highest BCUT2D eigenvalue weighted by molar-refractivity contribution is 5.98. The van der Waals surface area contributed by atoms with Crippen molar-refractivity contribution >= 4 is 17.7 Å². The van der Waals surface area contributed by atoms with E-state index in [1.54, 1.807) is 65.4 Å². The lowest BCUT2D eigenvalue weighted by atomic mass is 9.96. The molecule has 9 heteroatoms. The zero-order valence-corrected chi connectivity index (χ0v) is 21.1. The zero-order valence-electron chi connectivity index (χ0n) is 21.1. The maximum absolute atomic E-state index is 13.7. The Morgan fingerprint density at radius 3 is 2.35 bits per heavy atom. The topological polar surface area (TPSA) is 97.4 Å². The second kappa shape index (κ2) is 10.9. The molecule has 1 N–H and O–H groups in total. The number of hydrogen-bond acceptors (Lipinski definition) is 6. The van der Waals surface area contributed by atoms with Crippen molar-refractivity contribution < 1.29 is 28.6 Å². The summed E-state index contributed by atoms with van der Waals surface area (Å²) in [5, 5.41) is 2.97. The normalized spacial score (nSPS) is 22.7. The van der Waals surface area contributed by atoms with Gasteiger partial charge in [-0.1, -0.05) is 18.2 Å². The Morgan fingerprint density at radius 2 is 1.70 bits per heavy atom. The summed E-state index contributed by atoms with van der Waals surface area (Å²) >= 11 is 0. The third-order valence-corrected chi connectivity index (χ3v) is 7.50. The number of ether oxygens (including phenoxy) is 3. The van der Waals surface area contributed by atoms with E-state index in [-0.39, 0.29) is 30.4 Å². The molecule has 37 heavy (non-hydrogen) atoms. The summed E-state index contributed by atoms with van der Waals surface area (Å²) in [6.45, 7) is 2.06. The summed E-state index contributed by atoms with van der Waals surface area (Å²) in [5.74, 6) is 0.119. The smallest absolute Gasteiger partial charge is 0.256 e. The Balaban J connectivity index is 1.32. The summed E-state index contributed by atoms with van der Waals surface area (Å²) in [4.78, 5) is 43.5. The van der Waals surface area contributed by atoms with Crippen LogP contribution in [0.25, 0.3) is 0 Å². The molecule has 0 bridgehead atoms. The first-order valence-electron chi connectivity index (χ1n) is 12.9. The molecule has 3 fully saturated rings. The molecular weight excluding hydrogens is 474 g/mol. The van der Waals surface area contributed by atoms with Gasteiger partial charge >= 0.3 is 0 Å². The quantitative estimate of drug-likeness (QED) is 0.645. The van der Waals surface area contributed by atoms with E-state index < -0.39 is 11.8 Å². The number of carbonyl (C=O) groups is 3. The third kappa shape index (κ3) is 5.19. The number of methoxy groups -OCH3 is 1. The minimum absolute atomic E-state index is 0.00529. The van der Waals surface area contributed by atoms with E-state index in [1.165, 1.54) is 0 Å². The van der Waals surface area contributed by atoms with Gasteiger partial charge in [0, 0.05) is 50.2 Å². The molecule has 0 aromatic heterocycles. The summed E-state index contributed by atoms with van der Waals surface area (Å²) < 4.78 is 17.1. The second-order valence-electron chi connectivity index (χ2n) is 9.72. The average Bonchev–Trinajstić information content (AvgIpc) is 3.60. The lowest BCUT2D eigenvalue weighted by Crippen LogP contribution is -2.60. The minimum Gasteiger partial charge on any atom is -0.497 e. The Morgan fingerprint density at radius 1 is 1.00 bits per heavy atom. The fourth-order valence-corrected chi connectivity index (χ4v) is 5.40. The molecular formula is C28H33N3O6. The van der Waals surface area contributed by atoms with Crippen LogP contribution in [0.15, 0.2) is 54.6 Å². The number of likely N-dealkylation sites (tertiary alicyclic amines) is 1.